The van der Waals surface area contributed by atoms with Gasteiger partial charge in [0.15, 0.2) is 5.69 Å². The molecule has 150 valence electrons. The van der Waals surface area contributed by atoms with Gasteiger partial charge in [-0.25, -0.2) is 4.39 Å². The largest absolute Gasteiger partial charge is 0.493 e. The Labute approximate surface area is 166 Å². The maximum Gasteiger partial charge on any atom is 0.305 e. The third kappa shape index (κ3) is 4.11. The number of aliphatic carboxylic acids is 1. The van der Waals surface area contributed by atoms with Crippen LogP contribution < -0.4 is 5.32 Å². The maximum atomic E-state index is 14.1. The predicted octanol–water partition coefficient (Wildman–Crippen LogP) is 3.28. The molecule has 29 heavy (non-hydrogen) atoms. The summed E-state index contributed by atoms with van der Waals surface area (Å²) in [5, 5.41) is 26.3. The molecule has 0 radical (unpaired) electrons. The smallest absolute Gasteiger partial charge is 0.305 e. The average Bonchev–Trinajstić information content (AvgIpc) is 2.97. The normalized spacial score (nSPS) is 11.8. The van der Waals surface area contributed by atoms with Crippen molar-refractivity contribution in [3.05, 3.63) is 76.7 Å². The molecule has 1 atom stereocenters. The molecule has 3 N–H and O–H groups in total. The van der Waals surface area contributed by atoms with Gasteiger partial charge in [-0.05, 0) is 37.1 Å². The number of carboxylic acid groups (broad SMARTS) is 1. The van der Waals surface area contributed by atoms with E-state index in [2.05, 4.69) is 10.4 Å². The minimum atomic E-state index is -1.07. The Bertz CT molecular complexity index is 1080. The molecule has 3 aromatic rings. The molecule has 0 bridgehead atoms. The monoisotopic (exact) mass is 397 g/mol. The number of carbonyl (C=O) groups excluding carboxylic acids is 1. The lowest BCUT2D eigenvalue weighted by molar-refractivity contribution is -0.137. The third-order valence-corrected chi connectivity index (χ3v) is 4.63. The van der Waals surface area contributed by atoms with Crippen LogP contribution in [0.2, 0.25) is 0 Å². The number of nitrogens with zero attached hydrogens (tertiary/aromatic N) is 2. The first-order valence-electron chi connectivity index (χ1n) is 8.91. The summed E-state index contributed by atoms with van der Waals surface area (Å²) in [6.07, 6.45) is -0.324. The molecule has 1 amide bonds. The molecule has 7 nitrogen and oxygen atoms in total. The number of nitrogens with one attached hydrogen (secondary N) is 1. The molecule has 0 aliphatic heterocycles. The van der Waals surface area contributed by atoms with E-state index in [1.807, 2.05) is 19.1 Å². The van der Waals surface area contributed by atoms with Gasteiger partial charge in [-0.15, -0.1) is 0 Å². The summed E-state index contributed by atoms with van der Waals surface area (Å²) in [5.41, 5.74) is 1.53. The van der Waals surface area contributed by atoms with E-state index in [1.165, 1.54) is 25.1 Å². The highest BCUT2D eigenvalue weighted by Gasteiger charge is 2.26. The molecule has 1 heterocycles. The number of aromatic nitrogens is 2. The van der Waals surface area contributed by atoms with Gasteiger partial charge < -0.3 is 15.5 Å². The zero-order valence-electron chi connectivity index (χ0n) is 15.9. The fourth-order valence-electron chi connectivity index (χ4n) is 3.11. The van der Waals surface area contributed by atoms with Gasteiger partial charge in [0.05, 0.1) is 12.5 Å². The SMILES string of the molecule is Cc1ccccc1C(CC(=O)O)NC(=O)c1nn(-c2ccccc2F)c(O)c1C. The van der Waals surface area contributed by atoms with Gasteiger partial charge in [-0.2, -0.15) is 9.78 Å². The molecule has 0 aliphatic rings. The van der Waals surface area contributed by atoms with Gasteiger partial charge in [0, 0.05) is 5.56 Å². The number of aromatic hydroxyl groups is 1. The highest BCUT2D eigenvalue weighted by Crippen LogP contribution is 2.27. The quantitative estimate of drug-likeness (QED) is 0.592. The Morgan fingerprint density at radius 1 is 1.14 bits per heavy atom. The van der Waals surface area contributed by atoms with Crippen LogP contribution in [0.15, 0.2) is 48.5 Å². The molecule has 3 rings (SSSR count). The van der Waals surface area contributed by atoms with Crippen molar-refractivity contribution in [1.29, 1.82) is 0 Å². The van der Waals surface area contributed by atoms with Crippen LogP contribution in [0.5, 0.6) is 5.88 Å². The predicted molar refractivity (Wildman–Crippen MR) is 104 cm³/mol. The second kappa shape index (κ2) is 8.14. The highest BCUT2D eigenvalue weighted by atomic mass is 19.1. The lowest BCUT2D eigenvalue weighted by atomic mass is 9.98. The number of benzene rings is 2. The van der Waals surface area contributed by atoms with Crippen molar-refractivity contribution in [3.8, 4) is 11.6 Å². The van der Waals surface area contributed by atoms with Gasteiger partial charge in [-0.3, -0.25) is 9.59 Å². The van der Waals surface area contributed by atoms with Crippen molar-refractivity contribution in [2.45, 2.75) is 26.3 Å². The summed E-state index contributed by atoms with van der Waals surface area (Å²) < 4.78 is 15.0. The number of hydrogen-bond donors (Lipinski definition) is 3. The molecular weight excluding hydrogens is 377 g/mol. The standard InChI is InChI=1S/C21H20FN3O4/c1-12-7-3-4-8-14(12)16(11-18(26)27)23-20(28)19-13(2)21(29)25(24-19)17-10-6-5-9-15(17)22/h3-10,16,29H,11H2,1-2H3,(H,23,28)(H,26,27). The molecular formula is C21H20FN3O4. The summed E-state index contributed by atoms with van der Waals surface area (Å²) in [6, 6.07) is 12.1. The van der Waals surface area contributed by atoms with Gasteiger partial charge in [0.1, 0.15) is 11.5 Å². The maximum absolute atomic E-state index is 14.1. The molecule has 1 aromatic heterocycles. The third-order valence-electron chi connectivity index (χ3n) is 4.63. The number of carboxylic acids is 1. The lowest BCUT2D eigenvalue weighted by Gasteiger charge is -2.19. The molecule has 8 heteroatoms. The second-order valence-corrected chi connectivity index (χ2v) is 6.64. The van der Waals surface area contributed by atoms with Crippen LogP contribution >= 0.6 is 0 Å². The van der Waals surface area contributed by atoms with Crippen LogP contribution in [0.4, 0.5) is 4.39 Å². The average molecular weight is 397 g/mol. The van der Waals surface area contributed by atoms with Crippen molar-refractivity contribution in [2.24, 2.45) is 0 Å². The number of rotatable bonds is 6. The number of halogens is 1. The summed E-state index contributed by atoms with van der Waals surface area (Å²) in [5.74, 6) is -2.72. The zero-order chi connectivity index (χ0) is 21.1. The molecule has 2 aromatic carbocycles. The van der Waals surface area contributed by atoms with Crippen molar-refractivity contribution in [1.82, 2.24) is 15.1 Å². The van der Waals surface area contributed by atoms with Gasteiger partial charge in [0.25, 0.3) is 5.91 Å². The summed E-state index contributed by atoms with van der Waals surface area (Å²) >= 11 is 0. The van der Waals surface area contributed by atoms with E-state index < -0.39 is 23.7 Å². The van der Waals surface area contributed by atoms with Gasteiger partial charge in [0.2, 0.25) is 5.88 Å². The van der Waals surface area contributed by atoms with Crippen LogP contribution in [0.25, 0.3) is 5.69 Å². The molecule has 0 spiro atoms. The number of hydrogen-bond acceptors (Lipinski definition) is 4. The Kier molecular flexibility index (Phi) is 5.63. The summed E-state index contributed by atoms with van der Waals surface area (Å²) in [6.45, 7) is 3.30. The van der Waals surface area contributed by atoms with Gasteiger partial charge >= 0.3 is 5.97 Å². The Morgan fingerprint density at radius 3 is 2.45 bits per heavy atom. The van der Waals surface area contributed by atoms with Crippen LogP contribution in [0.3, 0.4) is 0 Å². The lowest BCUT2D eigenvalue weighted by Crippen LogP contribution is -2.31. The van der Waals surface area contributed by atoms with Crippen molar-refractivity contribution in [2.75, 3.05) is 0 Å². The molecule has 0 fully saturated rings. The van der Waals surface area contributed by atoms with Crippen LogP contribution in [-0.4, -0.2) is 31.9 Å². The van der Waals surface area contributed by atoms with E-state index in [4.69, 9.17) is 0 Å². The number of para-hydroxylation sites is 1. The Balaban J connectivity index is 1.95. The first kappa shape index (κ1) is 20.1. The Hall–Kier alpha value is -3.68. The summed E-state index contributed by atoms with van der Waals surface area (Å²) in [4.78, 5) is 24.1. The van der Waals surface area contributed by atoms with E-state index in [0.29, 0.717) is 5.56 Å². The zero-order valence-corrected chi connectivity index (χ0v) is 15.9. The fourth-order valence-corrected chi connectivity index (χ4v) is 3.11. The molecule has 1 unspecified atom stereocenters. The molecule has 0 saturated heterocycles. The topological polar surface area (TPSA) is 104 Å². The van der Waals surface area contributed by atoms with E-state index in [9.17, 15) is 24.2 Å². The van der Waals surface area contributed by atoms with E-state index >= 15 is 0 Å². The minimum Gasteiger partial charge on any atom is -0.493 e. The number of amides is 1. The van der Waals surface area contributed by atoms with Gasteiger partial charge in [-0.1, -0.05) is 36.4 Å². The van der Waals surface area contributed by atoms with Crippen LogP contribution in [-0.2, 0) is 4.79 Å². The minimum absolute atomic E-state index is 0.00635. The molecule has 0 aliphatic carbocycles. The van der Waals surface area contributed by atoms with E-state index in [1.54, 1.807) is 18.2 Å². The van der Waals surface area contributed by atoms with E-state index in [0.717, 1.165) is 10.2 Å². The van der Waals surface area contributed by atoms with Crippen molar-refractivity contribution < 1.29 is 24.2 Å². The summed E-state index contributed by atoms with van der Waals surface area (Å²) in [7, 11) is 0. The van der Waals surface area contributed by atoms with E-state index in [-0.39, 0.29) is 29.2 Å². The first-order chi connectivity index (χ1) is 13.8. The molecule has 0 saturated carbocycles. The van der Waals surface area contributed by atoms with Crippen LogP contribution in [0, 0.1) is 19.7 Å². The number of carbonyl (C=O) groups is 2. The highest BCUT2D eigenvalue weighted by molar-refractivity contribution is 5.94. The Morgan fingerprint density at radius 2 is 1.79 bits per heavy atom. The van der Waals surface area contributed by atoms with Crippen molar-refractivity contribution >= 4 is 11.9 Å². The van der Waals surface area contributed by atoms with Crippen molar-refractivity contribution in [3.63, 3.8) is 0 Å². The first-order valence-corrected chi connectivity index (χ1v) is 8.91. The number of aryl methyl sites for hydroxylation is 1. The second-order valence-electron chi connectivity index (χ2n) is 6.64. The van der Waals surface area contributed by atoms with Crippen LogP contribution in [0.1, 0.15) is 39.6 Å². The fraction of sp³-hybridized carbons (Fsp3) is 0.190.